The second-order valence-electron chi connectivity index (χ2n) is 4.09. The van der Waals surface area contributed by atoms with E-state index in [0.717, 1.165) is 18.5 Å². The van der Waals surface area contributed by atoms with Crippen LogP contribution >= 0.6 is 0 Å². The summed E-state index contributed by atoms with van der Waals surface area (Å²) in [5, 5.41) is 2.92. The zero-order chi connectivity index (χ0) is 10.7. The molecule has 1 aliphatic rings. The van der Waals surface area contributed by atoms with E-state index in [4.69, 9.17) is 5.73 Å². The summed E-state index contributed by atoms with van der Waals surface area (Å²) in [4.78, 5) is 11.8. The van der Waals surface area contributed by atoms with Crippen molar-refractivity contribution in [1.29, 1.82) is 0 Å². The van der Waals surface area contributed by atoms with Gasteiger partial charge in [0, 0.05) is 17.3 Å². The van der Waals surface area contributed by atoms with Gasteiger partial charge in [-0.05, 0) is 37.1 Å². The number of hydrogen-bond acceptors (Lipinski definition) is 2. The summed E-state index contributed by atoms with van der Waals surface area (Å²) in [5.74, 6) is 0.361. The van der Waals surface area contributed by atoms with Crippen LogP contribution in [0.15, 0.2) is 24.3 Å². The van der Waals surface area contributed by atoms with E-state index in [1.807, 2.05) is 12.1 Å². The van der Waals surface area contributed by atoms with E-state index in [1.54, 1.807) is 12.1 Å². The van der Waals surface area contributed by atoms with E-state index in [2.05, 4.69) is 5.32 Å². The smallest absolute Gasteiger partial charge is 0.227 e. The van der Waals surface area contributed by atoms with Crippen molar-refractivity contribution in [2.45, 2.75) is 25.7 Å². The second kappa shape index (κ2) is 4.34. The van der Waals surface area contributed by atoms with E-state index in [9.17, 15) is 4.79 Å². The van der Waals surface area contributed by atoms with Crippen molar-refractivity contribution in [3.05, 3.63) is 24.3 Å². The van der Waals surface area contributed by atoms with Gasteiger partial charge in [0.1, 0.15) is 0 Å². The topological polar surface area (TPSA) is 55.1 Å². The highest BCUT2D eigenvalue weighted by atomic mass is 16.1. The van der Waals surface area contributed by atoms with Crippen molar-refractivity contribution >= 4 is 17.3 Å². The van der Waals surface area contributed by atoms with Crippen molar-refractivity contribution in [3.63, 3.8) is 0 Å². The summed E-state index contributed by atoms with van der Waals surface area (Å²) in [6.45, 7) is 0. The predicted molar refractivity (Wildman–Crippen MR) is 61.4 cm³/mol. The molecule has 0 saturated heterocycles. The van der Waals surface area contributed by atoms with Crippen molar-refractivity contribution in [1.82, 2.24) is 0 Å². The standard InChI is InChI=1S/C12H16N2O/c13-10-5-7-11(8-6-10)14-12(15)9-3-1-2-4-9/h5-9H,1-4,13H2,(H,14,15). The van der Waals surface area contributed by atoms with Gasteiger partial charge in [-0.15, -0.1) is 0 Å². The van der Waals surface area contributed by atoms with Crippen molar-refractivity contribution < 1.29 is 4.79 Å². The zero-order valence-electron chi connectivity index (χ0n) is 8.70. The molecule has 0 radical (unpaired) electrons. The van der Waals surface area contributed by atoms with Gasteiger partial charge in [-0.3, -0.25) is 4.79 Å². The lowest BCUT2D eigenvalue weighted by atomic mass is 10.1. The molecule has 80 valence electrons. The molecule has 3 N–H and O–H groups in total. The molecule has 1 aliphatic carbocycles. The molecule has 0 aliphatic heterocycles. The number of hydrogen-bond donors (Lipinski definition) is 2. The summed E-state index contributed by atoms with van der Waals surface area (Å²) in [6.07, 6.45) is 4.42. The number of amides is 1. The number of benzene rings is 1. The third kappa shape index (κ3) is 2.49. The highest BCUT2D eigenvalue weighted by Crippen LogP contribution is 2.26. The number of carbonyl (C=O) groups is 1. The van der Waals surface area contributed by atoms with Gasteiger partial charge in [-0.1, -0.05) is 12.8 Å². The highest BCUT2D eigenvalue weighted by molar-refractivity contribution is 5.92. The zero-order valence-corrected chi connectivity index (χ0v) is 8.70. The molecule has 0 unspecified atom stereocenters. The molecule has 1 amide bonds. The molecule has 2 rings (SSSR count). The fourth-order valence-corrected chi connectivity index (χ4v) is 2.00. The molecule has 0 spiro atoms. The molecule has 0 heterocycles. The average Bonchev–Trinajstić information content (AvgIpc) is 2.74. The number of nitrogens with one attached hydrogen (secondary N) is 1. The van der Waals surface area contributed by atoms with Gasteiger partial charge in [0.15, 0.2) is 0 Å². The first-order valence-electron chi connectivity index (χ1n) is 5.42. The molecule has 3 nitrogen and oxygen atoms in total. The van der Waals surface area contributed by atoms with Gasteiger partial charge in [0.25, 0.3) is 0 Å². The lowest BCUT2D eigenvalue weighted by Gasteiger charge is -2.10. The quantitative estimate of drug-likeness (QED) is 0.727. The van der Waals surface area contributed by atoms with Crippen LogP contribution in [0.5, 0.6) is 0 Å². The van der Waals surface area contributed by atoms with Crippen molar-refractivity contribution in [2.75, 3.05) is 11.1 Å². The molecule has 0 bridgehead atoms. The van der Waals surface area contributed by atoms with Crippen LogP contribution in [0.4, 0.5) is 11.4 Å². The van der Waals surface area contributed by atoms with Crippen LogP contribution in [-0.2, 0) is 4.79 Å². The minimum Gasteiger partial charge on any atom is -0.399 e. The minimum atomic E-state index is 0.150. The van der Waals surface area contributed by atoms with Crippen LogP contribution in [0.1, 0.15) is 25.7 Å². The largest absolute Gasteiger partial charge is 0.399 e. The Hall–Kier alpha value is -1.51. The Labute approximate surface area is 89.7 Å². The molecule has 0 atom stereocenters. The van der Waals surface area contributed by atoms with Crippen molar-refractivity contribution in [3.8, 4) is 0 Å². The van der Waals surface area contributed by atoms with E-state index in [1.165, 1.54) is 12.8 Å². The van der Waals surface area contributed by atoms with Crippen LogP contribution in [0.3, 0.4) is 0 Å². The summed E-state index contributed by atoms with van der Waals surface area (Å²) < 4.78 is 0. The van der Waals surface area contributed by atoms with Crippen molar-refractivity contribution in [2.24, 2.45) is 5.92 Å². The van der Waals surface area contributed by atoms with E-state index < -0.39 is 0 Å². The van der Waals surface area contributed by atoms with Crippen LogP contribution in [-0.4, -0.2) is 5.91 Å². The number of carbonyl (C=O) groups excluding carboxylic acids is 1. The van der Waals surface area contributed by atoms with Crippen LogP contribution in [0, 0.1) is 5.92 Å². The minimum absolute atomic E-state index is 0.150. The first-order chi connectivity index (χ1) is 7.25. The summed E-state index contributed by atoms with van der Waals surface area (Å²) in [7, 11) is 0. The van der Waals surface area contributed by atoms with E-state index >= 15 is 0 Å². The summed E-state index contributed by atoms with van der Waals surface area (Å²) in [5.41, 5.74) is 7.12. The highest BCUT2D eigenvalue weighted by Gasteiger charge is 2.22. The molecular weight excluding hydrogens is 188 g/mol. The molecule has 0 aromatic heterocycles. The van der Waals surface area contributed by atoms with E-state index in [0.29, 0.717) is 5.69 Å². The molecule has 15 heavy (non-hydrogen) atoms. The Morgan fingerprint density at radius 1 is 1.20 bits per heavy atom. The fraction of sp³-hybridized carbons (Fsp3) is 0.417. The lowest BCUT2D eigenvalue weighted by molar-refractivity contribution is -0.119. The number of nitrogen functional groups attached to an aromatic ring is 1. The van der Waals surface area contributed by atoms with Crippen LogP contribution in [0.25, 0.3) is 0 Å². The Morgan fingerprint density at radius 3 is 2.40 bits per heavy atom. The van der Waals surface area contributed by atoms with Crippen LogP contribution in [0.2, 0.25) is 0 Å². The molecule has 1 aromatic rings. The molecular formula is C12H16N2O. The first-order valence-corrected chi connectivity index (χ1v) is 5.42. The fourth-order valence-electron chi connectivity index (χ4n) is 2.00. The third-order valence-corrected chi connectivity index (χ3v) is 2.90. The van der Waals surface area contributed by atoms with Crippen LogP contribution < -0.4 is 11.1 Å². The molecule has 1 fully saturated rings. The molecule has 1 aromatic carbocycles. The number of rotatable bonds is 2. The maximum Gasteiger partial charge on any atom is 0.227 e. The van der Waals surface area contributed by atoms with Gasteiger partial charge in [0.2, 0.25) is 5.91 Å². The molecule has 3 heteroatoms. The van der Waals surface area contributed by atoms with Gasteiger partial charge in [-0.2, -0.15) is 0 Å². The molecule has 1 saturated carbocycles. The van der Waals surface area contributed by atoms with E-state index in [-0.39, 0.29) is 11.8 Å². The maximum atomic E-state index is 11.8. The van der Waals surface area contributed by atoms with Gasteiger partial charge >= 0.3 is 0 Å². The first kappa shape index (κ1) is 10.0. The predicted octanol–water partition coefficient (Wildman–Crippen LogP) is 2.40. The lowest BCUT2D eigenvalue weighted by Crippen LogP contribution is -2.20. The number of anilines is 2. The Morgan fingerprint density at radius 2 is 1.80 bits per heavy atom. The third-order valence-electron chi connectivity index (χ3n) is 2.90. The SMILES string of the molecule is Nc1ccc(NC(=O)C2CCCC2)cc1. The van der Waals surface area contributed by atoms with Gasteiger partial charge < -0.3 is 11.1 Å². The average molecular weight is 204 g/mol. The summed E-state index contributed by atoms with van der Waals surface area (Å²) in [6, 6.07) is 7.26. The Balaban J connectivity index is 1.96. The monoisotopic (exact) mass is 204 g/mol. The maximum absolute atomic E-state index is 11.8. The van der Waals surface area contributed by atoms with Gasteiger partial charge in [0.05, 0.1) is 0 Å². The summed E-state index contributed by atoms with van der Waals surface area (Å²) >= 11 is 0. The normalized spacial score (nSPS) is 16.5. The van der Waals surface area contributed by atoms with Gasteiger partial charge in [-0.25, -0.2) is 0 Å². The number of nitrogens with two attached hydrogens (primary N) is 1. The second-order valence-corrected chi connectivity index (χ2v) is 4.09. The Bertz CT molecular complexity index is 339. The Kier molecular flexibility index (Phi) is 2.90.